The third-order valence-electron chi connectivity index (χ3n) is 16.2. The summed E-state index contributed by atoms with van der Waals surface area (Å²) in [6.07, 6.45) is 9.25. The van der Waals surface area contributed by atoms with E-state index in [9.17, 15) is 40.5 Å². The van der Waals surface area contributed by atoms with Crippen LogP contribution in [0.25, 0.3) is 0 Å². The Morgan fingerprint density at radius 2 is 1.49 bits per heavy atom. The average Bonchev–Trinajstić information content (AvgIpc) is 3.61. The van der Waals surface area contributed by atoms with Gasteiger partial charge in [-0.2, -0.15) is 22.0 Å². The predicted octanol–water partition coefficient (Wildman–Crippen LogP) is 12.5. The van der Waals surface area contributed by atoms with Gasteiger partial charge in [-0.25, -0.2) is 14.4 Å². The Morgan fingerprint density at radius 3 is 2.14 bits per heavy atom. The summed E-state index contributed by atoms with van der Waals surface area (Å²) < 4.78 is 94.1. The lowest BCUT2D eigenvalue weighted by atomic mass is 9.52. The highest BCUT2D eigenvalue weighted by Crippen LogP contribution is 2.63. The van der Waals surface area contributed by atoms with Crippen molar-refractivity contribution in [3.63, 3.8) is 0 Å². The van der Waals surface area contributed by atoms with Crippen LogP contribution in [0.15, 0.2) is 18.2 Å². The normalized spacial score (nSPS) is 26.7. The molecule has 2 amide bonds. The molecule has 1 aromatic carbocycles. The second-order valence-electron chi connectivity index (χ2n) is 22.6. The quantitative estimate of drug-likeness (QED) is 0.0780. The van der Waals surface area contributed by atoms with Gasteiger partial charge >= 0.3 is 30.3 Å². The summed E-state index contributed by atoms with van der Waals surface area (Å²) in [7, 11) is -1.42. The molecule has 0 aromatic heterocycles. The summed E-state index contributed by atoms with van der Waals surface area (Å²) in [6.45, 7) is 15.2. The molecule has 4 fully saturated rings. The van der Waals surface area contributed by atoms with Crippen molar-refractivity contribution in [2.75, 3.05) is 37.7 Å². The Kier molecular flexibility index (Phi) is 19.4. The maximum atomic E-state index is 13.9. The van der Waals surface area contributed by atoms with Crippen molar-refractivity contribution in [3.05, 3.63) is 29.3 Å². The van der Waals surface area contributed by atoms with E-state index in [4.69, 9.17) is 14.2 Å². The van der Waals surface area contributed by atoms with Gasteiger partial charge in [-0.3, -0.25) is 4.21 Å². The zero-order valence-electron chi connectivity index (χ0n) is 42.3. The standard InChI is InChI=1S/C53H82F5N3O7S/c1-36(2)46(59-48(63)68-50(3,4)5)47(62)67-44-22-21-43-45-37(18-13-10-8-7-9-11-16-32-69(65)33-17-26-52(54,55)53(56,57)58)34-38-35-40(19-20-41(38)42(45)23-27-51(43,44)6)66-49(64)61-30-24-39(25-31-61)60-28-14-12-15-29-60/h19-20,35-37,39,42-46H,7-18,21-34H2,1-6H3,(H,59,63)/t37-,42-,43+,44+,45-,46-,51+,69?/m1/s1. The van der Waals surface area contributed by atoms with E-state index in [0.717, 1.165) is 103 Å². The van der Waals surface area contributed by atoms with Crippen LogP contribution in [-0.4, -0.2) is 106 Å². The molecule has 2 saturated carbocycles. The summed E-state index contributed by atoms with van der Waals surface area (Å²) in [4.78, 5) is 44.6. The van der Waals surface area contributed by atoms with Gasteiger partial charge < -0.3 is 29.3 Å². The number of alkyl halides is 5. The minimum absolute atomic E-state index is 0.151. The molecule has 0 radical (unpaired) electrons. The number of alkyl carbamates (subject to hydrolysis) is 1. The molecule has 392 valence electrons. The molecule has 5 aliphatic rings. The van der Waals surface area contributed by atoms with Crippen LogP contribution in [0.3, 0.4) is 0 Å². The number of esters is 1. The molecule has 2 saturated heterocycles. The predicted molar refractivity (Wildman–Crippen MR) is 259 cm³/mol. The molecule has 1 unspecified atom stereocenters. The molecule has 69 heavy (non-hydrogen) atoms. The van der Waals surface area contributed by atoms with E-state index in [1.54, 1.807) is 20.8 Å². The maximum absolute atomic E-state index is 13.9. The number of piperidine rings is 2. The Balaban J connectivity index is 1.06. The number of hydrogen-bond donors (Lipinski definition) is 1. The van der Waals surface area contributed by atoms with Crippen LogP contribution in [0.5, 0.6) is 5.75 Å². The highest BCUT2D eigenvalue weighted by Gasteiger charge is 2.59. The molecule has 1 aromatic rings. The summed E-state index contributed by atoms with van der Waals surface area (Å²) in [5.74, 6) is -3.20. The van der Waals surface area contributed by atoms with Crippen LogP contribution < -0.4 is 10.1 Å². The number of nitrogens with zero attached hydrogens (tertiary/aromatic N) is 2. The van der Waals surface area contributed by atoms with Gasteiger partial charge in [0.1, 0.15) is 23.5 Å². The first-order valence-electron chi connectivity index (χ1n) is 26.4. The number of nitrogens with one attached hydrogen (secondary N) is 1. The van der Waals surface area contributed by atoms with Crippen molar-refractivity contribution in [3.8, 4) is 5.75 Å². The Hall–Kier alpha value is -3.01. The van der Waals surface area contributed by atoms with E-state index in [0.29, 0.717) is 60.7 Å². The molecule has 8 atom stereocenters. The third-order valence-corrected chi connectivity index (χ3v) is 17.7. The minimum atomic E-state index is -5.58. The number of likely N-dealkylation sites (tertiary alicyclic amines) is 2. The number of unbranched alkanes of at least 4 members (excludes halogenated alkanes) is 6. The third kappa shape index (κ3) is 14.8. The number of carbonyl (C=O) groups is 3. The molecule has 0 spiro atoms. The smallest absolute Gasteiger partial charge is 0.453 e. The number of fused-ring (bicyclic) bond motifs is 5. The summed E-state index contributed by atoms with van der Waals surface area (Å²) in [5, 5.41) is 2.78. The Bertz CT molecular complexity index is 1880. The fourth-order valence-corrected chi connectivity index (χ4v) is 13.7. The molecular weight excluding hydrogens is 918 g/mol. The van der Waals surface area contributed by atoms with Gasteiger partial charge in [0, 0.05) is 53.3 Å². The summed E-state index contributed by atoms with van der Waals surface area (Å²) in [5.41, 5.74) is 1.65. The van der Waals surface area contributed by atoms with Crippen LogP contribution in [0, 0.1) is 29.1 Å². The fourth-order valence-electron chi connectivity index (χ4n) is 12.5. The second-order valence-corrected chi connectivity index (χ2v) is 24.3. The van der Waals surface area contributed by atoms with Gasteiger partial charge in [-0.15, -0.1) is 0 Å². The monoisotopic (exact) mass is 1000 g/mol. The summed E-state index contributed by atoms with van der Waals surface area (Å²) >= 11 is 0. The van der Waals surface area contributed by atoms with Gasteiger partial charge in [0.2, 0.25) is 0 Å². The van der Waals surface area contributed by atoms with Crippen molar-refractivity contribution in [2.45, 2.75) is 212 Å². The zero-order valence-corrected chi connectivity index (χ0v) is 43.1. The van der Waals surface area contributed by atoms with Crippen molar-refractivity contribution < 1.29 is 54.8 Å². The highest BCUT2D eigenvalue weighted by atomic mass is 32.2. The van der Waals surface area contributed by atoms with Gasteiger partial charge in [0.25, 0.3) is 0 Å². The number of halogens is 5. The molecule has 6 rings (SSSR count). The van der Waals surface area contributed by atoms with E-state index < -0.39 is 59.4 Å². The Morgan fingerprint density at radius 1 is 0.841 bits per heavy atom. The van der Waals surface area contributed by atoms with Crippen molar-refractivity contribution in [1.82, 2.24) is 15.1 Å². The lowest BCUT2D eigenvalue weighted by Crippen LogP contribution is -2.51. The van der Waals surface area contributed by atoms with Crippen molar-refractivity contribution in [1.29, 1.82) is 0 Å². The minimum Gasteiger partial charge on any atom is -0.460 e. The zero-order chi connectivity index (χ0) is 50.1. The molecule has 1 N–H and O–H groups in total. The molecule has 2 aliphatic heterocycles. The van der Waals surface area contributed by atoms with Crippen molar-refractivity contribution in [2.24, 2.45) is 29.1 Å². The number of rotatable bonds is 20. The topological polar surface area (TPSA) is 114 Å². The SMILES string of the molecule is CC(C)[C@@H](NC(=O)OC(C)(C)C)C(=O)O[C@H]1CC[C@H]2[C@@H]3[C@H](CCCCCCCCCS(=O)CCCC(F)(F)C(F)(F)F)Cc4cc(OC(=O)N5CCC(N6CCCCC6)CC5)ccc4[C@H]3CC[C@]12C. The van der Waals surface area contributed by atoms with Crippen LogP contribution in [0.4, 0.5) is 31.5 Å². The van der Waals surface area contributed by atoms with Crippen LogP contribution in [0.2, 0.25) is 0 Å². The number of hydrogen-bond acceptors (Lipinski definition) is 8. The Labute approximate surface area is 411 Å². The van der Waals surface area contributed by atoms with Gasteiger partial charge in [-0.1, -0.05) is 71.8 Å². The number of ether oxygens (including phenoxy) is 3. The van der Waals surface area contributed by atoms with Crippen molar-refractivity contribution >= 4 is 29.0 Å². The number of amides is 2. The van der Waals surface area contributed by atoms with E-state index in [1.165, 1.54) is 30.4 Å². The first kappa shape index (κ1) is 55.3. The largest absolute Gasteiger partial charge is 0.460 e. The van der Waals surface area contributed by atoms with Crippen LogP contribution in [0.1, 0.15) is 181 Å². The molecular formula is C53H82F5N3O7S. The maximum Gasteiger partial charge on any atom is 0.453 e. The van der Waals surface area contributed by atoms with E-state index in [-0.39, 0.29) is 29.3 Å². The highest BCUT2D eigenvalue weighted by molar-refractivity contribution is 7.84. The molecule has 10 nitrogen and oxygen atoms in total. The van der Waals surface area contributed by atoms with E-state index in [1.807, 2.05) is 24.8 Å². The number of carbonyl (C=O) groups excluding carboxylic acids is 3. The number of benzene rings is 1. The van der Waals surface area contributed by atoms with E-state index >= 15 is 0 Å². The van der Waals surface area contributed by atoms with Crippen LogP contribution >= 0.6 is 0 Å². The second kappa shape index (κ2) is 24.1. The molecule has 2 heterocycles. The fraction of sp³-hybridized carbons (Fsp3) is 0.830. The lowest BCUT2D eigenvalue weighted by molar-refractivity contribution is -0.284. The first-order valence-corrected chi connectivity index (χ1v) is 27.9. The molecule has 16 heteroatoms. The lowest BCUT2D eigenvalue weighted by Gasteiger charge is -2.53. The molecule has 3 aliphatic carbocycles. The first-order chi connectivity index (χ1) is 32.6. The average molecular weight is 1000 g/mol. The molecule has 0 bridgehead atoms. The van der Waals surface area contributed by atoms with E-state index in [2.05, 4.69) is 29.3 Å². The summed E-state index contributed by atoms with van der Waals surface area (Å²) in [6, 6.07) is 5.98. The van der Waals surface area contributed by atoms with Crippen LogP contribution in [-0.2, 0) is 31.5 Å². The van der Waals surface area contributed by atoms with Gasteiger partial charge in [0.15, 0.2) is 0 Å². The van der Waals surface area contributed by atoms with Gasteiger partial charge in [0.05, 0.1) is 0 Å². The van der Waals surface area contributed by atoms with Gasteiger partial charge in [-0.05, 0) is 164 Å².